The third-order valence-electron chi connectivity index (χ3n) is 15.3. The van der Waals surface area contributed by atoms with Crippen LogP contribution in [-0.4, -0.2) is 13.7 Å². The summed E-state index contributed by atoms with van der Waals surface area (Å²) in [4.78, 5) is 0. The number of hydrogen-bond acceptors (Lipinski definition) is 0. The van der Waals surface area contributed by atoms with E-state index in [1.807, 2.05) is 0 Å². The molecule has 3 aromatic heterocycles. The largest absolute Gasteiger partial charge is 0.309 e. The summed E-state index contributed by atoms with van der Waals surface area (Å²) in [7, 11) is 0. The summed E-state index contributed by atoms with van der Waals surface area (Å²) in [6, 6.07) is 81.9. The number of rotatable bonds is 4. The van der Waals surface area contributed by atoms with Gasteiger partial charge in [0.2, 0.25) is 0 Å². The van der Waals surface area contributed by atoms with Crippen LogP contribution in [0.2, 0.25) is 0 Å². The molecule has 0 saturated carbocycles. The Morgan fingerprint density at radius 2 is 0.609 bits per heavy atom. The third kappa shape index (κ3) is 5.56. The molecular weight excluding hydrogens is 835 g/mol. The molecule has 0 unspecified atom stereocenters. The highest BCUT2D eigenvalue weighted by molar-refractivity contribution is 6.15. The van der Waals surface area contributed by atoms with Crippen molar-refractivity contribution >= 4 is 87.0 Å². The van der Waals surface area contributed by atoms with Gasteiger partial charge >= 0.3 is 0 Å². The molecule has 3 nitrogen and oxygen atoms in total. The van der Waals surface area contributed by atoms with E-state index in [-0.39, 0.29) is 5.41 Å². The molecule has 0 spiro atoms. The van der Waals surface area contributed by atoms with Gasteiger partial charge in [0.15, 0.2) is 0 Å². The van der Waals surface area contributed by atoms with Crippen molar-refractivity contribution in [3.05, 3.63) is 224 Å². The lowest BCUT2D eigenvalue weighted by Crippen LogP contribution is -2.10. The highest BCUT2D eigenvalue weighted by atomic mass is 15.0. The summed E-state index contributed by atoms with van der Waals surface area (Å²) in [6.45, 7) is 6.82. The molecule has 0 fully saturated rings. The van der Waals surface area contributed by atoms with Gasteiger partial charge in [-0.2, -0.15) is 0 Å². The van der Waals surface area contributed by atoms with Crippen LogP contribution in [0.5, 0.6) is 0 Å². The van der Waals surface area contributed by atoms with Crippen molar-refractivity contribution in [1.82, 2.24) is 13.7 Å². The van der Waals surface area contributed by atoms with E-state index in [1.165, 1.54) is 126 Å². The Morgan fingerprint density at radius 3 is 1.06 bits per heavy atom. The molecule has 0 amide bonds. The Bertz CT molecular complexity index is 4230. The van der Waals surface area contributed by atoms with Gasteiger partial charge in [0.25, 0.3) is 0 Å². The summed E-state index contributed by atoms with van der Waals surface area (Å²) in [5, 5.41) is 12.5. The minimum Gasteiger partial charge on any atom is -0.309 e. The van der Waals surface area contributed by atoms with E-state index in [0.717, 1.165) is 17.1 Å². The Morgan fingerprint density at radius 1 is 0.261 bits per heavy atom. The maximum Gasteiger partial charge on any atom is 0.0542 e. The molecule has 0 saturated heterocycles. The van der Waals surface area contributed by atoms with Gasteiger partial charge in [-0.05, 0) is 169 Å². The molecule has 0 radical (unpaired) electrons. The highest BCUT2D eigenvalue weighted by Gasteiger charge is 2.25. The van der Waals surface area contributed by atoms with Crippen LogP contribution >= 0.6 is 0 Å². The van der Waals surface area contributed by atoms with Crippen molar-refractivity contribution in [3.8, 4) is 50.4 Å². The lowest BCUT2D eigenvalue weighted by Gasteiger charge is -2.26. The first-order chi connectivity index (χ1) is 33.8. The fourth-order valence-corrected chi connectivity index (χ4v) is 11.9. The van der Waals surface area contributed by atoms with Gasteiger partial charge in [0, 0.05) is 49.4 Å². The smallest absolute Gasteiger partial charge is 0.0542 e. The maximum atomic E-state index is 2.48. The molecule has 3 heterocycles. The van der Waals surface area contributed by atoms with E-state index in [1.54, 1.807) is 0 Å². The average Bonchev–Trinajstić information content (AvgIpc) is 4.02. The van der Waals surface area contributed by atoms with E-state index in [2.05, 4.69) is 253 Å². The van der Waals surface area contributed by atoms with Crippen LogP contribution in [0, 0.1) is 0 Å². The van der Waals surface area contributed by atoms with Crippen LogP contribution in [0.1, 0.15) is 26.3 Å². The van der Waals surface area contributed by atoms with Crippen LogP contribution in [0.4, 0.5) is 0 Å². The number of para-hydroxylation sites is 4. The Kier molecular flexibility index (Phi) is 7.77. The molecule has 15 rings (SSSR count). The number of fused-ring (bicyclic) bond motifs is 15. The number of nitrogens with zero attached hydrogens (tertiary/aromatic N) is 3. The summed E-state index contributed by atoms with van der Waals surface area (Å²) < 4.78 is 7.35. The fourth-order valence-electron chi connectivity index (χ4n) is 11.9. The van der Waals surface area contributed by atoms with E-state index in [0.29, 0.717) is 0 Å². The second kappa shape index (κ2) is 13.9. The molecule has 0 bridgehead atoms. The number of hydrogen-bond donors (Lipinski definition) is 0. The van der Waals surface area contributed by atoms with Crippen LogP contribution in [0.25, 0.3) is 137 Å². The van der Waals surface area contributed by atoms with Crippen molar-refractivity contribution in [1.29, 1.82) is 0 Å². The molecule has 3 heteroatoms. The normalized spacial score (nSPS) is 12.6. The predicted molar refractivity (Wildman–Crippen MR) is 293 cm³/mol. The van der Waals surface area contributed by atoms with Crippen LogP contribution < -0.4 is 0 Å². The summed E-state index contributed by atoms with van der Waals surface area (Å²) in [6.07, 6.45) is 0. The first kappa shape index (κ1) is 38.4. The monoisotopic (exact) mass is 879 g/mol. The topological polar surface area (TPSA) is 14.8 Å². The first-order valence-corrected chi connectivity index (χ1v) is 24.2. The minimum atomic E-state index is 0.130. The first-order valence-electron chi connectivity index (χ1n) is 24.2. The second-order valence-electron chi connectivity index (χ2n) is 20.2. The van der Waals surface area contributed by atoms with E-state index < -0.39 is 0 Å². The molecule has 1 aliphatic carbocycles. The lowest BCUT2D eigenvalue weighted by atomic mass is 9.77. The molecule has 11 aromatic carbocycles. The lowest BCUT2D eigenvalue weighted by molar-refractivity contribution is 0.590. The maximum absolute atomic E-state index is 2.48. The summed E-state index contributed by atoms with van der Waals surface area (Å²) in [5.74, 6) is 0. The van der Waals surface area contributed by atoms with Gasteiger partial charge in [-0.25, -0.2) is 0 Å². The van der Waals surface area contributed by atoms with Gasteiger partial charge < -0.3 is 13.7 Å². The zero-order chi connectivity index (χ0) is 45.7. The van der Waals surface area contributed by atoms with E-state index in [4.69, 9.17) is 0 Å². The zero-order valence-electron chi connectivity index (χ0n) is 38.6. The van der Waals surface area contributed by atoms with Gasteiger partial charge in [-0.3, -0.25) is 0 Å². The van der Waals surface area contributed by atoms with Gasteiger partial charge in [-0.1, -0.05) is 136 Å². The minimum absolute atomic E-state index is 0.130. The summed E-state index contributed by atoms with van der Waals surface area (Å²) in [5.41, 5.74) is 20.0. The Balaban J connectivity index is 0.901. The van der Waals surface area contributed by atoms with Crippen LogP contribution in [-0.2, 0) is 5.41 Å². The molecular formula is C66H45N3. The predicted octanol–water partition coefficient (Wildman–Crippen LogP) is 17.9. The Labute approximate surface area is 399 Å². The quantitative estimate of drug-likeness (QED) is 0.167. The van der Waals surface area contributed by atoms with Crippen molar-refractivity contribution in [2.45, 2.75) is 26.2 Å². The fraction of sp³-hybridized carbons (Fsp3) is 0.0606. The average molecular weight is 880 g/mol. The van der Waals surface area contributed by atoms with Gasteiger partial charge in [0.05, 0.1) is 33.1 Å². The van der Waals surface area contributed by atoms with Crippen LogP contribution in [0.15, 0.2) is 218 Å². The van der Waals surface area contributed by atoms with Crippen molar-refractivity contribution in [3.63, 3.8) is 0 Å². The molecule has 1 aliphatic rings. The molecule has 0 N–H and O–H groups in total. The Hall–Kier alpha value is -8.66. The summed E-state index contributed by atoms with van der Waals surface area (Å²) >= 11 is 0. The molecule has 0 aliphatic heterocycles. The van der Waals surface area contributed by atoms with E-state index in [9.17, 15) is 0 Å². The number of benzene rings is 11. The molecule has 0 atom stereocenters. The van der Waals surface area contributed by atoms with Crippen LogP contribution in [0.3, 0.4) is 0 Å². The highest BCUT2D eigenvalue weighted by Crippen LogP contribution is 2.51. The van der Waals surface area contributed by atoms with Gasteiger partial charge in [-0.15, -0.1) is 0 Å². The van der Waals surface area contributed by atoms with E-state index >= 15 is 0 Å². The van der Waals surface area contributed by atoms with Crippen molar-refractivity contribution in [2.75, 3.05) is 0 Å². The van der Waals surface area contributed by atoms with Crippen molar-refractivity contribution < 1.29 is 0 Å². The van der Waals surface area contributed by atoms with Crippen molar-refractivity contribution in [2.24, 2.45) is 0 Å². The standard InChI is InChI=1S/C66H45N3/c1-66(2,3)46-25-22-40(23-26-46)41-20-21-42-34-54-55-35-43-24-27-47(33-45(43)37-57(55)56(54)36-44(42)32-41)67-64-30-28-48(68-60-16-8-4-12-50(60)51-13-5-9-17-61(51)68)38-58(64)59-39-49(29-31-65(59)67)69-62-18-10-6-14-52(62)53-15-7-11-19-63(53)69/h4-39H,1-3H3. The second-order valence-corrected chi connectivity index (χ2v) is 20.2. The molecule has 69 heavy (non-hydrogen) atoms. The van der Waals surface area contributed by atoms with Gasteiger partial charge in [0.1, 0.15) is 0 Å². The number of aromatic nitrogens is 3. The zero-order valence-corrected chi connectivity index (χ0v) is 38.6. The third-order valence-corrected chi connectivity index (χ3v) is 15.3. The SMILES string of the molecule is CC(C)(C)c1ccc(-c2ccc3cc4c(cc3c2)-c2cc3cc(-n5c6ccc(-n7c8ccccc8c8ccccc87)cc6c6cc(-n7c8ccccc8c8ccccc87)ccc65)ccc3cc2-4)cc1. The molecule has 324 valence electrons. The molecule has 14 aromatic rings.